The number of nitrogens with zero attached hydrogens (tertiary/aromatic N) is 4. The van der Waals surface area contributed by atoms with Gasteiger partial charge in [0.15, 0.2) is 0 Å². The van der Waals surface area contributed by atoms with Gasteiger partial charge in [0.2, 0.25) is 15.9 Å². The van der Waals surface area contributed by atoms with Crippen molar-refractivity contribution in [3.63, 3.8) is 0 Å². The average molecular weight is 435 g/mol. The molecule has 0 saturated carbocycles. The fraction of sp³-hybridized carbons (Fsp3) is 0.400. The SMILES string of the molecule is Cc1nn(C)cc1S(=O)(=O)N1CCCC[C@H]1c1ncc(Cc2ccc(Cl)cc2)o1. The first-order chi connectivity index (χ1) is 13.8. The Morgan fingerprint density at radius 2 is 2.00 bits per heavy atom. The second-order valence-electron chi connectivity index (χ2n) is 7.35. The topological polar surface area (TPSA) is 81.2 Å². The van der Waals surface area contributed by atoms with Crippen molar-refractivity contribution in [1.29, 1.82) is 0 Å². The highest BCUT2D eigenvalue weighted by molar-refractivity contribution is 7.89. The van der Waals surface area contributed by atoms with Crippen molar-refractivity contribution in [2.75, 3.05) is 6.54 Å². The highest BCUT2D eigenvalue weighted by Crippen LogP contribution is 2.36. The molecule has 0 unspecified atom stereocenters. The normalized spacial score (nSPS) is 18.2. The number of halogens is 1. The lowest BCUT2D eigenvalue weighted by atomic mass is 10.1. The van der Waals surface area contributed by atoms with Gasteiger partial charge in [-0.05, 0) is 37.5 Å². The largest absolute Gasteiger partial charge is 0.444 e. The summed E-state index contributed by atoms with van der Waals surface area (Å²) >= 11 is 5.94. The first kappa shape index (κ1) is 20.1. The van der Waals surface area contributed by atoms with Crippen molar-refractivity contribution >= 4 is 21.6 Å². The van der Waals surface area contributed by atoms with Crippen LogP contribution in [0.5, 0.6) is 0 Å². The molecule has 1 aliphatic heterocycles. The zero-order chi connectivity index (χ0) is 20.6. The average Bonchev–Trinajstić information content (AvgIpc) is 3.30. The zero-order valence-electron chi connectivity index (χ0n) is 16.4. The van der Waals surface area contributed by atoms with Crippen LogP contribution in [-0.4, -0.2) is 34.0 Å². The van der Waals surface area contributed by atoms with Crippen LogP contribution in [-0.2, 0) is 23.5 Å². The third-order valence-corrected chi connectivity index (χ3v) is 7.42. The smallest absolute Gasteiger partial charge is 0.247 e. The van der Waals surface area contributed by atoms with Crippen LogP contribution in [0.3, 0.4) is 0 Å². The molecular formula is C20H23ClN4O3S. The van der Waals surface area contributed by atoms with Gasteiger partial charge in [-0.25, -0.2) is 13.4 Å². The van der Waals surface area contributed by atoms with Gasteiger partial charge in [0.25, 0.3) is 0 Å². The maximum Gasteiger partial charge on any atom is 0.247 e. The summed E-state index contributed by atoms with van der Waals surface area (Å²) in [7, 11) is -1.97. The molecular weight excluding hydrogens is 412 g/mol. The summed E-state index contributed by atoms with van der Waals surface area (Å²) < 4.78 is 35.7. The van der Waals surface area contributed by atoms with Crippen molar-refractivity contribution in [3.8, 4) is 0 Å². The van der Waals surface area contributed by atoms with E-state index in [0.29, 0.717) is 41.8 Å². The van der Waals surface area contributed by atoms with Crippen LogP contribution >= 0.6 is 11.6 Å². The number of hydrogen-bond donors (Lipinski definition) is 0. The molecule has 2 aromatic heterocycles. The van der Waals surface area contributed by atoms with E-state index in [1.165, 1.54) is 8.99 Å². The molecule has 0 amide bonds. The minimum atomic E-state index is -3.69. The fourth-order valence-corrected chi connectivity index (χ4v) is 5.74. The molecule has 1 atom stereocenters. The Morgan fingerprint density at radius 3 is 2.69 bits per heavy atom. The third kappa shape index (κ3) is 4.10. The Morgan fingerprint density at radius 1 is 1.24 bits per heavy atom. The highest BCUT2D eigenvalue weighted by Gasteiger charge is 2.38. The van der Waals surface area contributed by atoms with Crippen LogP contribution < -0.4 is 0 Å². The summed E-state index contributed by atoms with van der Waals surface area (Å²) in [5.74, 6) is 1.14. The summed E-state index contributed by atoms with van der Waals surface area (Å²) in [5.41, 5.74) is 1.55. The molecule has 0 N–H and O–H groups in total. The number of sulfonamides is 1. The Kier molecular flexibility index (Phi) is 5.50. The zero-order valence-corrected chi connectivity index (χ0v) is 17.9. The predicted octanol–water partition coefficient (Wildman–Crippen LogP) is 3.88. The molecule has 154 valence electrons. The van der Waals surface area contributed by atoms with Gasteiger partial charge in [0, 0.05) is 31.2 Å². The molecule has 4 rings (SSSR count). The molecule has 0 aliphatic carbocycles. The standard InChI is InChI=1S/C20H23ClN4O3S/c1-14-19(13-24(2)23-14)29(26,27)25-10-4-3-5-18(25)20-22-12-17(28-20)11-15-6-8-16(21)9-7-15/h6-9,12-13,18H,3-5,10-11H2,1-2H3/t18-/m0/s1. The summed E-state index contributed by atoms with van der Waals surface area (Å²) in [6.45, 7) is 2.15. The minimum Gasteiger partial charge on any atom is -0.444 e. The summed E-state index contributed by atoms with van der Waals surface area (Å²) in [6.07, 6.45) is 6.23. The van der Waals surface area contributed by atoms with Gasteiger partial charge in [-0.2, -0.15) is 9.40 Å². The van der Waals surface area contributed by atoms with E-state index in [0.717, 1.165) is 18.4 Å². The van der Waals surface area contributed by atoms with E-state index in [9.17, 15) is 8.42 Å². The Balaban J connectivity index is 1.60. The van der Waals surface area contributed by atoms with Crippen molar-refractivity contribution in [2.24, 2.45) is 7.05 Å². The molecule has 3 aromatic rings. The number of hydrogen-bond acceptors (Lipinski definition) is 5. The molecule has 3 heterocycles. The lowest BCUT2D eigenvalue weighted by Crippen LogP contribution is -2.38. The second-order valence-corrected chi connectivity index (χ2v) is 9.64. The van der Waals surface area contributed by atoms with Gasteiger partial charge in [0.1, 0.15) is 16.7 Å². The molecule has 1 aromatic carbocycles. The van der Waals surface area contributed by atoms with E-state index in [1.807, 2.05) is 24.3 Å². The maximum atomic E-state index is 13.3. The van der Waals surface area contributed by atoms with E-state index in [4.69, 9.17) is 16.0 Å². The van der Waals surface area contributed by atoms with Crippen molar-refractivity contribution in [2.45, 2.75) is 43.5 Å². The van der Waals surface area contributed by atoms with Gasteiger partial charge < -0.3 is 4.42 Å². The molecule has 29 heavy (non-hydrogen) atoms. The van der Waals surface area contributed by atoms with Crippen LogP contribution in [0.15, 0.2) is 46.0 Å². The van der Waals surface area contributed by atoms with Gasteiger partial charge >= 0.3 is 0 Å². The van der Waals surface area contributed by atoms with Gasteiger partial charge in [-0.15, -0.1) is 0 Å². The lowest BCUT2D eigenvalue weighted by molar-refractivity contribution is 0.216. The first-order valence-electron chi connectivity index (χ1n) is 9.56. The molecule has 0 spiro atoms. The monoisotopic (exact) mass is 434 g/mol. The minimum absolute atomic E-state index is 0.236. The molecule has 9 heteroatoms. The van der Waals surface area contributed by atoms with Crippen molar-refractivity contribution < 1.29 is 12.8 Å². The van der Waals surface area contributed by atoms with Gasteiger partial charge in [-0.1, -0.05) is 30.2 Å². The van der Waals surface area contributed by atoms with Gasteiger partial charge in [0.05, 0.1) is 11.9 Å². The number of oxazole rings is 1. The van der Waals surface area contributed by atoms with Crippen LogP contribution in [0.1, 0.15) is 48.2 Å². The number of rotatable bonds is 5. The van der Waals surface area contributed by atoms with Crippen molar-refractivity contribution in [1.82, 2.24) is 19.1 Å². The van der Waals surface area contributed by atoms with E-state index >= 15 is 0 Å². The predicted molar refractivity (Wildman–Crippen MR) is 109 cm³/mol. The lowest BCUT2D eigenvalue weighted by Gasteiger charge is -2.32. The van der Waals surface area contributed by atoms with E-state index in [2.05, 4.69) is 10.1 Å². The Hall–Kier alpha value is -2.16. The molecule has 0 radical (unpaired) electrons. The highest BCUT2D eigenvalue weighted by atomic mass is 35.5. The molecule has 7 nitrogen and oxygen atoms in total. The van der Waals surface area contributed by atoms with Crippen LogP contribution in [0.2, 0.25) is 5.02 Å². The Bertz CT molecular complexity index is 1110. The van der Waals surface area contributed by atoms with E-state index < -0.39 is 16.1 Å². The van der Waals surface area contributed by atoms with E-state index in [-0.39, 0.29) is 4.90 Å². The quantitative estimate of drug-likeness (QED) is 0.608. The maximum absolute atomic E-state index is 13.3. The Labute approximate surface area is 175 Å². The fourth-order valence-electron chi connectivity index (χ4n) is 3.76. The number of piperidine rings is 1. The molecule has 1 saturated heterocycles. The number of aryl methyl sites for hydroxylation is 2. The molecule has 1 fully saturated rings. The van der Waals surface area contributed by atoms with Gasteiger partial charge in [-0.3, -0.25) is 4.68 Å². The summed E-state index contributed by atoms with van der Waals surface area (Å²) in [4.78, 5) is 4.65. The molecule has 0 bridgehead atoms. The second kappa shape index (κ2) is 7.93. The van der Waals surface area contributed by atoms with E-state index in [1.54, 1.807) is 26.4 Å². The first-order valence-corrected chi connectivity index (χ1v) is 11.4. The number of benzene rings is 1. The molecule has 1 aliphatic rings. The van der Waals surface area contributed by atoms with Crippen molar-refractivity contribution in [3.05, 3.63) is 64.6 Å². The number of aromatic nitrogens is 3. The van der Waals surface area contributed by atoms with Crippen LogP contribution in [0, 0.1) is 6.92 Å². The third-order valence-electron chi connectivity index (χ3n) is 5.16. The van der Waals surface area contributed by atoms with Crippen LogP contribution in [0.4, 0.5) is 0 Å². The summed E-state index contributed by atoms with van der Waals surface area (Å²) in [6, 6.07) is 7.13. The van der Waals surface area contributed by atoms with Crippen LogP contribution in [0.25, 0.3) is 0 Å². The summed E-state index contributed by atoms with van der Waals surface area (Å²) in [5, 5.41) is 4.87.